The zero-order valence-electron chi connectivity index (χ0n) is 19.3. The van der Waals surface area contributed by atoms with Crippen molar-refractivity contribution in [3.8, 4) is 11.1 Å². The number of rotatable bonds is 6. The van der Waals surface area contributed by atoms with Crippen LogP contribution < -0.4 is 5.32 Å². The molecule has 7 heteroatoms. The quantitative estimate of drug-likeness (QED) is 0.672. The van der Waals surface area contributed by atoms with E-state index in [9.17, 15) is 19.5 Å². The molecular weight excluding hydrogens is 432 g/mol. The fourth-order valence-corrected chi connectivity index (χ4v) is 5.97. The third kappa shape index (κ3) is 3.83. The number of ether oxygens (including phenoxy) is 1. The smallest absolute Gasteiger partial charge is 0.407 e. The highest BCUT2D eigenvalue weighted by Crippen LogP contribution is 2.45. The Bertz CT molecular complexity index is 1080. The lowest BCUT2D eigenvalue weighted by Gasteiger charge is -2.52. The van der Waals surface area contributed by atoms with Crippen LogP contribution in [0.5, 0.6) is 0 Å². The number of carboxylic acids is 1. The van der Waals surface area contributed by atoms with Crippen LogP contribution >= 0.6 is 0 Å². The number of amides is 2. The number of alkyl carbamates (subject to hydrolysis) is 1. The summed E-state index contributed by atoms with van der Waals surface area (Å²) in [5, 5.41) is 12.6. The van der Waals surface area contributed by atoms with Crippen molar-refractivity contribution in [2.24, 2.45) is 5.92 Å². The molecule has 0 unspecified atom stereocenters. The molecule has 178 valence electrons. The Morgan fingerprint density at radius 2 is 1.65 bits per heavy atom. The van der Waals surface area contributed by atoms with E-state index < -0.39 is 23.6 Å². The second-order valence-corrected chi connectivity index (χ2v) is 9.86. The molecule has 34 heavy (non-hydrogen) atoms. The summed E-state index contributed by atoms with van der Waals surface area (Å²) in [5.41, 5.74) is 3.51. The number of fused-ring (bicyclic) bond motifs is 6. The first kappa shape index (κ1) is 22.4. The van der Waals surface area contributed by atoms with Crippen molar-refractivity contribution in [3.05, 3.63) is 59.7 Å². The van der Waals surface area contributed by atoms with E-state index in [1.165, 1.54) is 0 Å². The number of carboxylic acid groups (broad SMARTS) is 1. The molecule has 3 fully saturated rings. The summed E-state index contributed by atoms with van der Waals surface area (Å²) in [5.74, 6) is -0.806. The maximum atomic E-state index is 13.0. The molecule has 2 bridgehead atoms. The summed E-state index contributed by atoms with van der Waals surface area (Å²) in [6, 6.07) is 15.8. The van der Waals surface area contributed by atoms with E-state index in [0.29, 0.717) is 25.3 Å². The SMILES string of the molecule is C[C@@H](CC(=O)N1CC2CCC1(C(=O)O)CC2)NC(=O)OCC1c2ccccc2-c2ccccc21. The molecule has 6 rings (SSSR count). The molecule has 2 heterocycles. The number of nitrogens with one attached hydrogen (secondary N) is 1. The Labute approximate surface area is 199 Å². The highest BCUT2D eigenvalue weighted by Gasteiger charge is 2.53. The number of hydrogen-bond donors (Lipinski definition) is 2. The van der Waals surface area contributed by atoms with Crippen LogP contribution in [0.1, 0.15) is 56.1 Å². The molecule has 2 saturated heterocycles. The largest absolute Gasteiger partial charge is 0.479 e. The lowest BCUT2D eigenvalue weighted by Crippen LogP contribution is -2.64. The lowest BCUT2D eigenvalue weighted by molar-refractivity contribution is -0.170. The van der Waals surface area contributed by atoms with Gasteiger partial charge in [-0.1, -0.05) is 48.5 Å². The summed E-state index contributed by atoms with van der Waals surface area (Å²) < 4.78 is 5.58. The van der Waals surface area contributed by atoms with Gasteiger partial charge in [0, 0.05) is 24.9 Å². The van der Waals surface area contributed by atoms with E-state index in [0.717, 1.165) is 35.1 Å². The van der Waals surface area contributed by atoms with Crippen molar-refractivity contribution in [3.63, 3.8) is 0 Å². The van der Waals surface area contributed by atoms with E-state index >= 15 is 0 Å². The van der Waals surface area contributed by atoms with E-state index in [1.54, 1.807) is 11.8 Å². The first-order chi connectivity index (χ1) is 16.4. The van der Waals surface area contributed by atoms with Crippen LogP contribution in [-0.4, -0.2) is 52.7 Å². The van der Waals surface area contributed by atoms with Crippen molar-refractivity contribution in [1.29, 1.82) is 0 Å². The molecule has 2 aliphatic heterocycles. The minimum Gasteiger partial charge on any atom is -0.479 e. The number of benzene rings is 2. The van der Waals surface area contributed by atoms with Gasteiger partial charge in [0.1, 0.15) is 12.1 Å². The maximum Gasteiger partial charge on any atom is 0.407 e. The van der Waals surface area contributed by atoms with Gasteiger partial charge in [0.05, 0.1) is 0 Å². The lowest BCUT2D eigenvalue weighted by atomic mass is 9.70. The van der Waals surface area contributed by atoms with E-state index in [4.69, 9.17) is 4.74 Å². The average molecular weight is 463 g/mol. The Hall–Kier alpha value is -3.35. The van der Waals surface area contributed by atoms with Gasteiger partial charge in [0.2, 0.25) is 5.91 Å². The molecular formula is C27H30N2O5. The van der Waals surface area contributed by atoms with Crippen molar-refractivity contribution in [2.45, 2.75) is 56.5 Å². The molecule has 0 spiro atoms. The summed E-state index contributed by atoms with van der Waals surface area (Å²) in [4.78, 5) is 39.1. The van der Waals surface area contributed by atoms with Gasteiger partial charge in [-0.15, -0.1) is 0 Å². The van der Waals surface area contributed by atoms with E-state index in [2.05, 4.69) is 29.6 Å². The predicted molar refractivity (Wildman–Crippen MR) is 126 cm³/mol. The molecule has 1 saturated carbocycles. The van der Waals surface area contributed by atoms with Crippen molar-refractivity contribution < 1.29 is 24.2 Å². The minimum absolute atomic E-state index is 0.0330. The van der Waals surface area contributed by atoms with Crippen LogP contribution in [0.25, 0.3) is 11.1 Å². The standard InChI is InChI=1S/C27H30N2O5/c1-17(14-24(30)29-15-18-10-12-27(29,13-11-18)25(31)32)28-26(33)34-16-23-21-8-4-2-6-19(21)20-7-3-5-9-22(20)23/h2-9,17-18,23H,10-16H2,1H3,(H,28,33)(H,31,32)/t17-,18?,27?/m0/s1. The predicted octanol–water partition coefficient (Wildman–Crippen LogP) is 4.16. The van der Waals surface area contributed by atoms with Gasteiger partial charge in [-0.3, -0.25) is 4.79 Å². The third-order valence-corrected chi connectivity index (χ3v) is 7.78. The van der Waals surface area contributed by atoms with Gasteiger partial charge in [0.25, 0.3) is 0 Å². The van der Waals surface area contributed by atoms with Crippen molar-refractivity contribution in [1.82, 2.24) is 10.2 Å². The first-order valence-electron chi connectivity index (χ1n) is 12.0. The van der Waals surface area contributed by atoms with Crippen molar-refractivity contribution in [2.75, 3.05) is 13.2 Å². The van der Waals surface area contributed by atoms with Crippen LogP contribution in [-0.2, 0) is 14.3 Å². The minimum atomic E-state index is -1.09. The molecule has 1 atom stereocenters. The highest BCUT2D eigenvalue weighted by molar-refractivity contribution is 5.88. The molecule has 7 nitrogen and oxygen atoms in total. The molecule has 2 aromatic carbocycles. The summed E-state index contributed by atoms with van der Waals surface area (Å²) in [7, 11) is 0. The summed E-state index contributed by atoms with van der Waals surface area (Å²) >= 11 is 0. The fourth-order valence-electron chi connectivity index (χ4n) is 5.97. The van der Waals surface area contributed by atoms with Crippen LogP contribution in [0.15, 0.2) is 48.5 Å². The fraction of sp³-hybridized carbons (Fsp3) is 0.444. The monoisotopic (exact) mass is 462 g/mol. The van der Waals surface area contributed by atoms with Crippen LogP contribution in [0.2, 0.25) is 0 Å². The Morgan fingerprint density at radius 3 is 2.24 bits per heavy atom. The van der Waals surface area contributed by atoms with Gasteiger partial charge < -0.3 is 20.1 Å². The number of carbonyl (C=O) groups excluding carboxylic acids is 2. The molecule has 2 aliphatic carbocycles. The number of aliphatic carboxylic acids is 1. The Balaban J connectivity index is 1.18. The molecule has 2 amide bonds. The Morgan fingerprint density at radius 1 is 1.06 bits per heavy atom. The summed E-state index contributed by atoms with van der Waals surface area (Å²) in [6.45, 7) is 2.44. The maximum absolute atomic E-state index is 13.0. The molecule has 4 aliphatic rings. The number of piperidine rings is 2. The van der Waals surface area contributed by atoms with Crippen LogP contribution in [0.3, 0.4) is 0 Å². The number of nitrogens with zero attached hydrogens (tertiary/aromatic N) is 1. The normalized spacial score (nSPS) is 23.7. The second-order valence-electron chi connectivity index (χ2n) is 9.86. The molecule has 0 aromatic heterocycles. The van der Waals surface area contributed by atoms with Gasteiger partial charge in [-0.2, -0.15) is 0 Å². The summed E-state index contributed by atoms with van der Waals surface area (Å²) in [6.07, 6.45) is 2.19. The number of carbonyl (C=O) groups is 3. The van der Waals surface area contributed by atoms with Gasteiger partial charge >= 0.3 is 12.1 Å². The average Bonchev–Trinajstić information content (AvgIpc) is 3.17. The number of hydrogen-bond acceptors (Lipinski definition) is 4. The second kappa shape index (κ2) is 8.78. The first-order valence-corrected chi connectivity index (χ1v) is 12.0. The zero-order chi connectivity index (χ0) is 23.9. The van der Waals surface area contributed by atoms with Gasteiger partial charge in [-0.25, -0.2) is 9.59 Å². The van der Waals surface area contributed by atoms with Gasteiger partial charge in [0.15, 0.2) is 0 Å². The Kier molecular flexibility index (Phi) is 5.80. The third-order valence-electron chi connectivity index (χ3n) is 7.78. The van der Waals surface area contributed by atoms with Crippen LogP contribution in [0, 0.1) is 5.92 Å². The molecule has 2 N–H and O–H groups in total. The molecule has 2 aromatic rings. The highest BCUT2D eigenvalue weighted by atomic mass is 16.5. The van der Waals surface area contributed by atoms with Gasteiger partial charge in [-0.05, 0) is 60.8 Å². The topological polar surface area (TPSA) is 95.9 Å². The van der Waals surface area contributed by atoms with E-state index in [-0.39, 0.29) is 24.9 Å². The van der Waals surface area contributed by atoms with Crippen molar-refractivity contribution >= 4 is 18.0 Å². The molecule has 0 radical (unpaired) electrons. The van der Waals surface area contributed by atoms with E-state index in [1.807, 2.05) is 24.3 Å². The zero-order valence-corrected chi connectivity index (χ0v) is 19.3. The van der Waals surface area contributed by atoms with Crippen LogP contribution in [0.4, 0.5) is 4.79 Å².